The van der Waals surface area contributed by atoms with Crippen molar-refractivity contribution >= 4 is 29.1 Å². The summed E-state index contributed by atoms with van der Waals surface area (Å²) < 4.78 is 5.98. The molecular formula is C26H30ClN3O3. The zero-order valence-corrected chi connectivity index (χ0v) is 19.7. The number of piperidine rings is 3. The van der Waals surface area contributed by atoms with Gasteiger partial charge in [-0.3, -0.25) is 9.59 Å². The van der Waals surface area contributed by atoms with Crippen LogP contribution in [-0.4, -0.2) is 55.0 Å². The average Bonchev–Trinajstić information content (AvgIpc) is 2.83. The van der Waals surface area contributed by atoms with E-state index in [0.29, 0.717) is 34.5 Å². The Morgan fingerprint density at radius 1 is 1.18 bits per heavy atom. The first kappa shape index (κ1) is 22.2. The van der Waals surface area contributed by atoms with Gasteiger partial charge in [-0.15, -0.1) is 0 Å². The monoisotopic (exact) mass is 467 g/mol. The fraction of sp³-hybridized carbons (Fsp3) is 0.462. The fourth-order valence-electron chi connectivity index (χ4n) is 5.33. The van der Waals surface area contributed by atoms with Gasteiger partial charge in [-0.05, 0) is 69.3 Å². The van der Waals surface area contributed by atoms with Crippen LogP contribution in [0.1, 0.15) is 42.1 Å². The summed E-state index contributed by atoms with van der Waals surface area (Å²) in [5, 5.41) is 3.65. The Kier molecular flexibility index (Phi) is 6.30. The number of amides is 2. The zero-order valence-electron chi connectivity index (χ0n) is 18.9. The zero-order chi connectivity index (χ0) is 22.9. The van der Waals surface area contributed by atoms with Gasteiger partial charge in [-0.1, -0.05) is 41.9 Å². The van der Waals surface area contributed by atoms with Crippen molar-refractivity contribution in [1.82, 2.24) is 10.2 Å². The molecule has 2 aromatic rings. The van der Waals surface area contributed by atoms with Crippen molar-refractivity contribution in [2.24, 2.45) is 5.92 Å². The summed E-state index contributed by atoms with van der Waals surface area (Å²) in [5.74, 6) is 0.676. The van der Waals surface area contributed by atoms with Gasteiger partial charge in [0.25, 0.3) is 11.8 Å². The van der Waals surface area contributed by atoms with Gasteiger partial charge in [0.05, 0.1) is 11.3 Å². The molecular weight excluding hydrogens is 438 g/mol. The lowest BCUT2D eigenvalue weighted by molar-refractivity contribution is -0.125. The first-order valence-corrected chi connectivity index (χ1v) is 12.3. The van der Waals surface area contributed by atoms with Crippen LogP contribution < -0.4 is 15.0 Å². The van der Waals surface area contributed by atoms with E-state index in [1.807, 2.05) is 18.2 Å². The molecule has 0 aromatic heterocycles. The highest BCUT2D eigenvalue weighted by molar-refractivity contribution is 6.31. The third-order valence-electron chi connectivity index (χ3n) is 7.14. The topological polar surface area (TPSA) is 61.9 Å². The van der Waals surface area contributed by atoms with Crippen molar-refractivity contribution in [3.63, 3.8) is 0 Å². The summed E-state index contributed by atoms with van der Waals surface area (Å²) in [7, 11) is 0. The number of carbonyl (C=O) groups excluding carboxylic acids is 2. The van der Waals surface area contributed by atoms with Crippen LogP contribution in [0.15, 0.2) is 42.5 Å². The van der Waals surface area contributed by atoms with Gasteiger partial charge in [0.2, 0.25) is 0 Å². The maximum absolute atomic E-state index is 13.3. The molecule has 174 valence electrons. The molecule has 0 radical (unpaired) electrons. The molecule has 33 heavy (non-hydrogen) atoms. The molecule has 6 nitrogen and oxygen atoms in total. The molecule has 0 saturated carbocycles. The highest BCUT2D eigenvalue weighted by Crippen LogP contribution is 2.40. The van der Waals surface area contributed by atoms with Gasteiger partial charge in [0.1, 0.15) is 0 Å². The van der Waals surface area contributed by atoms with E-state index in [-0.39, 0.29) is 17.9 Å². The second-order valence-electron chi connectivity index (χ2n) is 9.36. The number of carbonyl (C=O) groups is 2. The van der Waals surface area contributed by atoms with Crippen molar-refractivity contribution in [2.45, 2.75) is 44.8 Å². The SMILES string of the molecule is CC1Oc2c(C(=O)NC3CN4CCC3CC4)cc(Cl)cc2N(CCCc2ccccc2)C1=O. The quantitative estimate of drug-likeness (QED) is 0.699. The van der Waals surface area contributed by atoms with E-state index in [9.17, 15) is 9.59 Å². The Bertz CT molecular complexity index is 1040. The molecule has 2 amide bonds. The number of halogens is 1. The summed E-state index contributed by atoms with van der Waals surface area (Å²) >= 11 is 6.43. The Labute approximate surface area is 199 Å². The van der Waals surface area contributed by atoms with Crippen molar-refractivity contribution < 1.29 is 14.3 Å². The summed E-state index contributed by atoms with van der Waals surface area (Å²) in [6.45, 7) is 5.39. The largest absolute Gasteiger partial charge is 0.478 e. The van der Waals surface area contributed by atoms with E-state index in [2.05, 4.69) is 22.3 Å². The first-order valence-electron chi connectivity index (χ1n) is 11.9. The van der Waals surface area contributed by atoms with E-state index in [1.165, 1.54) is 5.56 Å². The molecule has 2 bridgehead atoms. The fourth-order valence-corrected chi connectivity index (χ4v) is 5.54. The predicted molar refractivity (Wildman–Crippen MR) is 129 cm³/mol. The molecule has 7 heteroatoms. The second-order valence-corrected chi connectivity index (χ2v) is 9.80. The summed E-state index contributed by atoms with van der Waals surface area (Å²) in [6.07, 6.45) is 3.25. The summed E-state index contributed by atoms with van der Waals surface area (Å²) in [5.41, 5.74) is 2.22. The van der Waals surface area contributed by atoms with Crippen LogP contribution in [0.3, 0.4) is 0 Å². The lowest BCUT2D eigenvalue weighted by Crippen LogP contribution is -2.57. The molecule has 4 heterocycles. The van der Waals surface area contributed by atoms with Gasteiger partial charge < -0.3 is 19.9 Å². The minimum absolute atomic E-state index is 0.110. The Hall–Kier alpha value is -2.57. The maximum Gasteiger partial charge on any atom is 0.267 e. The van der Waals surface area contributed by atoms with Gasteiger partial charge in [0.15, 0.2) is 11.9 Å². The molecule has 2 unspecified atom stereocenters. The lowest BCUT2D eigenvalue weighted by atomic mass is 9.84. The first-order chi connectivity index (χ1) is 16.0. The number of nitrogens with zero attached hydrogens (tertiary/aromatic N) is 2. The third-order valence-corrected chi connectivity index (χ3v) is 7.36. The van der Waals surface area contributed by atoms with E-state index in [4.69, 9.17) is 16.3 Å². The molecule has 1 N–H and O–H groups in total. The number of rotatable bonds is 6. The molecule has 2 atom stereocenters. The summed E-state index contributed by atoms with van der Waals surface area (Å²) in [6, 6.07) is 13.7. The van der Waals surface area contributed by atoms with Gasteiger partial charge >= 0.3 is 0 Å². The van der Waals surface area contributed by atoms with Gasteiger partial charge in [0, 0.05) is 24.2 Å². The molecule has 0 aliphatic carbocycles. The van der Waals surface area contributed by atoms with E-state index >= 15 is 0 Å². The number of hydrogen-bond acceptors (Lipinski definition) is 4. The Morgan fingerprint density at radius 3 is 2.64 bits per heavy atom. The maximum atomic E-state index is 13.3. The second kappa shape index (κ2) is 9.35. The number of anilines is 1. The van der Waals surface area contributed by atoms with E-state index in [0.717, 1.165) is 45.3 Å². The molecule has 3 saturated heterocycles. The number of nitrogens with one attached hydrogen (secondary N) is 1. The van der Waals surface area contributed by atoms with Crippen LogP contribution in [0, 0.1) is 5.92 Å². The number of benzene rings is 2. The highest BCUT2D eigenvalue weighted by Gasteiger charge is 2.38. The predicted octanol–water partition coefficient (Wildman–Crippen LogP) is 3.91. The van der Waals surface area contributed by atoms with Crippen molar-refractivity contribution in [3.05, 3.63) is 58.6 Å². The lowest BCUT2D eigenvalue weighted by Gasteiger charge is -2.45. The summed E-state index contributed by atoms with van der Waals surface area (Å²) in [4.78, 5) is 30.4. The van der Waals surface area contributed by atoms with Crippen LogP contribution in [0.5, 0.6) is 5.75 Å². The van der Waals surface area contributed by atoms with Crippen molar-refractivity contribution in [1.29, 1.82) is 0 Å². The molecule has 0 spiro atoms. The Morgan fingerprint density at radius 2 is 1.94 bits per heavy atom. The average molecular weight is 468 g/mol. The third kappa shape index (κ3) is 4.59. The van der Waals surface area contributed by atoms with Crippen LogP contribution >= 0.6 is 11.6 Å². The van der Waals surface area contributed by atoms with Crippen molar-refractivity contribution in [3.8, 4) is 5.75 Å². The van der Waals surface area contributed by atoms with Gasteiger partial charge in [-0.25, -0.2) is 0 Å². The minimum atomic E-state index is -0.654. The number of hydrogen-bond donors (Lipinski definition) is 1. The minimum Gasteiger partial charge on any atom is -0.478 e. The van der Waals surface area contributed by atoms with Crippen LogP contribution in [0.2, 0.25) is 5.02 Å². The Balaban J connectivity index is 1.37. The number of fused-ring (bicyclic) bond motifs is 4. The standard InChI is InChI=1S/C26H30ClN3O3/c1-17-26(32)30(11-5-8-18-6-3-2-4-7-18)23-15-20(27)14-21(24(23)33-17)25(31)28-22-16-29-12-9-19(22)10-13-29/h2-4,6-7,14-15,17,19,22H,5,8-13,16H2,1H3,(H,28,31). The highest BCUT2D eigenvalue weighted by atomic mass is 35.5. The molecule has 3 fully saturated rings. The molecule has 4 aliphatic heterocycles. The van der Waals surface area contributed by atoms with Gasteiger partial charge in [-0.2, -0.15) is 0 Å². The van der Waals surface area contributed by atoms with Crippen molar-refractivity contribution in [2.75, 3.05) is 31.1 Å². The van der Waals surface area contributed by atoms with Crippen LogP contribution in [0.25, 0.3) is 0 Å². The van der Waals surface area contributed by atoms with E-state index < -0.39 is 6.10 Å². The van der Waals surface area contributed by atoms with Crippen LogP contribution in [0.4, 0.5) is 5.69 Å². The number of aryl methyl sites for hydroxylation is 1. The number of ether oxygens (including phenoxy) is 1. The van der Waals surface area contributed by atoms with Crippen LogP contribution in [-0.2, 0) is 11.2 Å². The smallest absolute Gasteiger partial charge is 0.267 e. The van der Waals surface area contributed by atoms with E-state index in [1.54, 1.807) is 24.0 Å². The normalized spacial score (nSPS) is 26.0. The molecule has 2 aromatic carbocycles. The molecule has 4 aliphatic rings. The molecule has 6 rings (SSSR count).